The maximum Gasteiger partial charge on any atom is 0.249 e. The molecule has 0 aliphatic rings. The van der Waals surface area contributed by atoms with Gasteiger partial charge in [0.25, 0.3) is 0 Å². The van der Waals surface area contributed by atoms with Crippen molar-refractivity contribution in [2.24, 2.45) is 0 Å². The van der Waals surface area contributed by atoms with Crippen molar-refractivity contribution in [1.29, 1.82) is 0 Å². The van der Waals surface area contributed by atoms with Crippen molar-refractivity contribution in [3.8, 4) is 11.5 Å². The second kappa shape index (κ2) is 5.82. The van der Waals surface area contributed by atoms with Crippen LogP contribution in [0.2, 0.25) is 5.02 Å². The Hall–Kier alpha value is -0.910. The van der Waals surface area contributed by atoms with E-state index in [0.717, 1.165) is 10.0 Å². The Kier molecular flexibility index (Phi) is 4.37. The SMILES string of the molecule is CC(C)NCc1nnc(-c2ccc(Br)cc2Cl)o1. The van der Waals surface area contributed by atoms with Gasteiger partial charge < -0.3 is 9.73 Å². The molecule has 0 amide bonds. The smallest absolute Gasteiger partial charge is 0.249 e. The number of hydrogen-bond donors (Lipinski definition) is 1. The molecule has 0 aliphatic carbocycles. The minimum Gasteiger partial charge on any atom is -0.419 e. The Morgan fingerprint density at radius 3 is 2.83 bits per heavy atom. The summed E-state index contributed by atoms with van der Waals surface area (Å²) in [5.41, 5.74) is 0.739. The molecular weight excluding hydrogens is 318 g/mol. The minimum absolute atomic E-state index is 0.372. The van der Waals surface area contributed by atoms with Crippen LogP contribution in [0.3, 0.4) is 0 Å². The highest BCUT2D eigenvalue weighted by Gasteiger charge is 2.12. The van der Waals surface area contributed by atoms with E-state index in [1.54, 1.807) is 6.07 Å². The van der Waals surface area contributed by atoms with Crippen molar-refractivity contribution in [1.82, 2.24) is 15.5 Å². The van der Waals surface area contributed by atoms with E-state index in [0.29, 0.717) is 29.4 Å². The fourth-order valence-corrected chi connectivity index (χ4v) is 2.14. The topological polar surface area (TPSA) is 51.0 Å². The molecule has 0 radical (unpaired) electrons. The third kappa shape index (κ3) is 3.31. The Balaban J connectivity index is 2.18. The van der Waals surface area contributed by atoms with Gasteiger partial charge in [0, 0.05) is 10.5 Å². The van der Waals surface area contributed by atoms with Crippen molar-refractivity contribution in [3.63, 3.8) is 0 Å². The molecule has 0 unspecified atom stereocenters. The Morgan fingerprint density at radius 1 is 1.39 bits per heavy atom. The third-order valence-electron chi connectivity index (χ3n) is 2.29. The van der Waals surface area contributed by atoms with E-state index in [9.17, 15) is 0 Å². The number of halogens is 2. The summed E-state index contributed by atoms with van der Waals surface area (Å²) in [6.07, 6.45) is 0. The molecule has 96 valence electrons. The van der Waals surface area contributed by atoms with E-state index in [2.05, 4.69) is 45.3 Å². The van der Waals surface area contributed by atoms with Crippen LogP contribution in [0.25, 0.3) is 11.5 Å². The lowest BCUT2D eigenvalue weighted by Crippen LogP contribution is -2.21. The van der Waals surface area contributed by atoms with Gasteiger partial charge in [0.15, 0.2) is 0 Å². The quantitative estimate of drug-likeness (QED) is 0.929. The first-order valence-electron chi connectivity index (χ1n) is 5.57. The van der Waals surface area contributed by atoms with Crippen LogP contribution in [0.15, 0.2) is 27.1 Å². The summed E-state index contributed by atoms with van der Waals surface area (Å²) in [5.74, 6) is 0.991. The molecule has 0 saturated heterocycles. The molecule has 1 heterocycles. The average molecular weight is 331 g/mol. The molecule has 0 fully saturated rings. The zero-order valence-corrected chi connectivity index (χ0v) is 12.4. The third-order valence-corrected chi connectivity index (χ3v) is 3.10. The number of rotatable bonds is 4. The summed E-state index contributed by atoms with van der Waals surface area (Å²) >= 11 is 9.48. The number of nitrogens with one attached hydrogen (secondary N) is 1. The second-order valence-corrected chi connectivity index (χ2v) is 5.48. The molecule has 0 spiro atoms. The zero-order chi connectivity index (χ0) is 13.1. The van der Waals surface area contributed by atoms with Crippen LogP contribution < -0.4 is 5.32 Å². The van der Waals surface area contributed by atoms with Crippen LogP contribution in [0.1, 0.15) is 19.7 Å². The van der Waals surface area contributed by atoms with Crippen LogP contribution in [0.4, 0.5) is 0 Å². The predicted molar refractivity (Wildman–Crippen MR) is 74.4 cm³/mol. The average Bonchev–Trinajstić information content (AvgIpc) is 2.75. The van der Waals surface area contributed by atoms with Crippen molar-refractivity contribution in [2.45, 2.75) is 26.4 Å². The van der Waals surface area contributed by atoms with Crippen LogP contribution in [0, 0.1) is 0 Å². The molecule has 2 rings (SSSR count). The van der Waals surface area contributed by atoms with Gasteiger partial charge in [-0.15, -0.1) is 10.2 Å². The van der Waals surface area contributed by atoms with Crippen molar-refractivity contribution >= 4 is 27.5 Å². The van der Waals surface area contributed by atoms with Gasteiger partial charge >= 0.3 is 0 Å². The first kappa shape index (κ1) is 13.5. The molecule has 6 heteroatoms. The lowest BCUT2D eigenvalue weighted by molar-refractivity contribution is 0.459. The van der Waals surface area contributed by atoms with E-state index in [-0.39, 0.29) is 0 Å². The predicted octanol–water partition coefficient (Wildman–Crippen LogP) is 3.65. The molecule has 0 bridgehead atoms. The van der Waals surface area contributed by atoms with Gasteiger partial charge in [-0.1, -0.05) is 41.4 Å². The normalized spacial score (nSPS) is 11.2. The number of nitrogens with zero attached hydrogens (tertiary/aromatic N) is 2. The van der Waals surface area contributed by atoms with Crippen molar-refractivity contribution in [3.05, 3.63) is 33.6 Å². The highest BCUT2D eigenvalue weighted by Crippen LogP contribution is 2.29. The molecular formula is C12H13BrClN3O. The molecule has 1 aromatic carbocycles. The van der Waals surface area contributed by atoms with Crippen LogP contribution >= 0.6 is 27.5 Å². The number of hydrogen-bond acceptors (Lipinski definition) is 4. The monoisotopic (exact) mass is 329 g/mol. The van der Waals surface area contributed by atoms with Crippen LogP contribution in [-0.2, 0) is 6.54 Å². The molecule has 1 N–H and O–H groups in total. The molecule has 0 aliphatic heterocycles. The summed E-state index contributed by atoms with van der Waals surface area (Å²) in [5, 5.41) is 11.8. The van der Waals surface area contributed by atoms with Gasteiger partial charge in [-0.05, 0) is 18.2 Å². The summed E-state index contributed by atoms with van der Waals surface area (Å²) in [6.45, 7) is 4.67. The van der Waals surface area contributed by atoms with Gasteiger partial charge in [-0.3, -0.25) is 0 Å². The highest BCUT2D eigenvalue weighted by atomic mass is 79.9. The van der Waals surface area contributed by atoms with Crippen LogP contribution in [0.5, 0.6) is 0 Å². The maximum absolute atomic E-state index is 6.13. The van der Waals surface area contributed by atoms with Crippen molar-refractivity contribution in [2.75, 3.05) is 0 Å². The van der Waals surface area contributed by atoms with Crippen LogP contribution in [-0.4, -0.2) is 16.2 Å². The van der Waals surface area contributed by atoms with E-state index in [1.807, 2.05) is 12.1 Å². The van der Waals surface area contributed by atoms with Gasteiger partial charge in [0.2, 0.25) is 11.8 Å². The van der Waals surface area contributed by atoms with Gasteiger partial charge in [0.05, 0.1) is 17.1 Å². The van der Waals surface area contributed by atoms with Crippen molar-refractivity contribution < 1.29 is 4.42 Å². The zero-order valence-electron chi connectivity index (χ0n) is 10.1. The van der Waals surface area contributed by atoms with E-state index >= 15 is 0 Å². The lowest BCUT2D eigenvalue weighted by Gasteiger charge is -2.03. The maximum atomic E-state index is 6.13. The summed E-state index contributed by atoms with van der Waals surface area (Å²) in [7, 11) is 0. The standard InChI is InChI=1S/C12H13BrClN3O/c1-7(2)15-6-11-16-17-12(18-11)9-4-3-8(13)5-10(9)14/h3-5,7,15H,6H2,1-2H3. The van der Waals surface area contributed by atoms with Gasteiger partial charge in [0.1, 0.15) is 0 Å². The Morgan fingerprint density at radius 2 is 2.17 bits per heavy atom. The largest absolute Gasteiger partial charge is 0.419 e. The summed E-state index contributed by atoms with van der Waals surface area (Å²) in [6, 6.07) is 5.90. The fourth-order valence-electron chi connectivity index (χ4n) is 1.39. The summed E-state index contributed by atoms with van der Waals surface area (Å²) < 4.78 is 6.47. The first-order chi connectivity index (χ1) is 8.56. The second-order valence-electron chi connectivity index (χ2n) is 4.16. The molecule has 0 saturated carbocycles. The molecule has 0 atom stereocenters. The number of benzene rings is 1. The number of aromatic nitrogens is 2. The van der Waals surface area contributed by atoms with E-state index in [1.165, 1.54) is 0 Å². The summed E-state index contributed by atoms with van der Waals surface area (Å²) in [4.78, 5) is 0. The lowest BCUT2D eigenvalue weighted by atomic mass is 10.2. The fraction of sp³-hybridized carbons (Fsp3) is 0.333. The Labute approximate surface area is 119 Å². The Bertz CT molecular complexity index is 542. The molecule has 18 heavy (non-hydrogen) atoms. The van der Waals surface area contributed by atoms with Gasteiger partial charge in [-0.2, -0.15) is 0 Å². The van der Waals surface area contributed by atoms with Gasteiger partial charge in [-0.25, -0.2) is 0 Å². The molecule has 4 nitrogen and oxygen atoms in total. The minimum atomic E-state index is 0.372. The molecule has 1 aromatic heterocycles. The highest BCUT2D eigenvalue weighted by molar-refractivity contribution is 9.10. The van der Waals surface area contributed by atoms with E-state index < -0.39 is 0 Å². The first-order valence-corrected chi connectivity index (χ1v) is 6.74. The molecule has 2 aromatic rings. The van der Waals surface area contributed by atoms with E-state index in [4.69, 9.17) is 16.0 Å².